The van der Waals surface area contributed by atoms with E-state index in [9.17, 15) is 0 Å². The summed E-state index contributed by atoms with van der Waals surface area (Å²) in [6.45, 7) is 4.40. The molecule has 0 aliphatic rings. The molecule has 21 heavy (non-hydrogen) atoms. The van der Waals surface area contributed by atoms with Crippen molar-refractivity contribution in [2.75, 3.05) is 24.3 Å². The molecule has 0 heterocycles. The van der Waals surface area contributed by atoms with E-state index >= 15 is 0 Å². The molecule has 0 saturated carbocycles. The Morgan fingerprint density at radius 3 is 2.38 bits per heavy atom. The predicted octanol–water partition coefficient (Wildman–Crippen LogP) is 4.49. The fourth-order valence-electron chi connectivity index (χ4n) is 2.46. The lowest BCUT2D eigenvalue weighted by molar-refractivity contribution is 0.706. The van der Waals surface area contributed by atoms with E-state index in [1.807, 2.05) is 0 Å². The van der Waals surface area contributed by atoms with E-state index in [-0.39, 0.29) is 0 Å². The van der Waals surface area contributed by atoms with Crippen LogP contribution in [0.4, 0.5) is 11.4 Å². The Morgan fingerprint density at radius 2 is 1.76 bits per heavy atom. The number of hydrogen-bond donors (Lipinski definition) is 1. The average molecular weight is 282 g/mol. The summed E-state index contributed by atoms with van der Waals surface area (Å²) in [6, 6.07) is 17.8. The third-order valence-corrected chi connectivity index (χ3v) is 3.75. The zero-order chi connectivity index (χ0) is 15.2. The topological polar surface area (TPSA) is 15.3 Å². The van der Waals surface area contributed by atoms with Crippen molar-refractivity contribution in [3.05, 3.63) is 59.7 Å². The van der Waals surface area contributed by atoms with Crippen molar-refractivity contribution in [2.24, 2.45) is 0 Å². The van der Waals surface area contributed by atoms with Gasteiger partial charge < -0.3 is 10.2 Å². The van der Waals surface area contributed by atoms with Gasteiger partial charge in [-0.2, -0.15) is 0 Å². The third-order valence-electron chi connectivity index (χ3n) is 3.75. The highest BCUT2D eigenvalue weighted by Gasteiger charge is 2.03. The summed E-state index contributed by atoms with van der Waals surface area (Å²) >= 11 is 0. The van der Waals surface area contributed by atoms with Gasteiger partial charge in [-0.15, -0.1) is 0 Å². The lowest BCUT2D eigenvalue weighted by Crippen LogP contribution is -2.16. The van der Waals surface area contributed by atoms with Crippen LogP contribution in [0.1, 0.15) is 24.5 Å². The molecule has 2 rings (SSSR count). The summed E-state index contributed by atoms with van der Waals surface area (Å²) in [7, 11) is 4.12. The first-order chi connectivity index (χ1) is 10.0. The van der Waals surface area contributed by atoms with E-state index < -0.39 is 0 Å². The quantitative estimate of drug-likeness (QED) is 0.839. The molecule has 1 N–H and O–H groups in total. The minimum absolute atomic E-state index is 0.468. The molecule has 0 fully saturated rings. The Kier molecular flexibility index (Phi) is 5.26. The predicted molar refractivity (Wildman–Crippen MR) is 93.4 cm³/mol. The molecule has 1 atom stereocenters. The van der Waals surface area contributed by atoms with Gasteiger partial charge in [-0.3, -0.25) is 0 Å². The highest BCUT2D eigenvalue weighted by molar-refractivity contribution is 5.54. The summed E-state index contributed by atoms with van der Waals surface area (Å²) < 4.78 is 0. The standard InChI is InChI=1S/C19H26N2/c1-15-6-5-7-17(14-15)9-8-16(2)20-18-10-12-19(13-11-18)21(3)4/h5-7,10-14,16,20H,8-9H2,1-4H3. The van der Waals surface area contributed by atoms with E-state index in [0.717, 1.165) is 12.8 Å². The molecule has 0 aromatic heterocycles. The zero-order valence-corrected chi connectivity index (χ0v) is 13.6. The van der Waals surface area contributed by atoms with Crippen LogP contribution in [0.15, 0.2) is 48.5 Å². The Bertz CT molecular complexity index is 558. The maximum absolute atomic E-state index is 3.57. The Labute approximate surface area is 128 Å². The third kappa shape index (κ3) is 4.82. The monoisotopic (exact) mass is 282 g/mol. The number of benzene rings is 2. The largest absolute Gasteiger partial charge is 0.383 e. The van der Waals surface area contributed by atoms with E-state index in [2.05, 4.69) is 86.7 Å². The van der Waals surface area contributed by atoms with Crippen molar-refractivity contribution in [3.63, 3.8) is 0 Å². The van der Waals surface area contributed by atoms with Crippen LogP contribution in [0.2, 0.25) is 0 Å². The first kappa shape index (κ1) is 15.4. The molecule has 1 unspecified atom stereocenters. The molecule has 0 amide bonds. The van der Waals surface area contributed by atoms with Gasteiger partial charge >= 0.3 is 0 Å². The van der Waals surface area contributed by atoms with Crippen LogP contribution in [0.25, 0.3) is 0 Å². The van der Waals surface area contributed by atoms with Crippen molar-refractivity contribution in [1.82, 2.24) is 0 Å². The molecule has 0 bridgehead atoms. The maximum Gasteiger partial charge on any atom is 0.0362 e. The molecule has 0 radical (unpaired) electrons. The van der Waals surface area contributed by atoms with Crippen molar-refractivity contribution >= 4 is 11.4 Å². The number of hydrogen-bond acceptors (Lipinski definition) is 2. The van der Waals surface area contributed by atoms with Gasteiger partial charge in [0.1, 0.15) is 0 Å². The molecule has 112 valence electrons. The van der Waals surface area contributed by atoms with Crippen LogP contribution in [0.3, 0.4) is 0 Å². The van der Waals surface area contributed by atoms with E-state index in [1.54, 1.807) is 0 Å². The molecular formula is C19H26N2. The van der Waals surface area contributed by atoms with Gasteiger partial charge in [-0.05, 0) is 56.5 Å². The number of nitrogens with one attached hydrogen (secondary N) is 1. The zero-order valence-electron chi connectivity index (χ0n) is 13.6. The lowest BCUT2D eigenvalue weighted by atomic mass is 10.0. The molecule has 2 nitrogen and oxygen atoms in total. The molecule has 2 aromatic rings. The summed E-state index contributed by atoms with van der Waals surface area (Å²) in [5.74, 6) is 0. The van der Waals surface area contributed by atoms with Gasteiger partial charge in [0.15, 0.2) is 0 Å². The van der Waals surface area contributed by atoms with Crippen molar-refractivity contribution in [2.45, 2.75) is 32.7 Å². The van der Waals surface area contributed by atoms with Gasteiger partial charge in [-0.1, -0.05) is 29.8 Å². The fourth-order valence-corrected chi connectivity index (χ4v) is 2.46. The van der Waals surface area contributed by atoms with E-state index in [1.165, 1.54) is 22.5 Å². The number of rotatable bonds is 6. The molecule has 0 spiro atoms. The molecule has 2 heteroatoms. The Hall–Kier alpha value is -1.96. The van der Waals surface area contributed by atoms with Gasteiger partial charge in [-0.25, -0.2) is 0 Å². The molecular weight excluding hydrogens is 256 g/mol. The number of aryl methyl sites for hydroxylation is 2. The van der Waals surface area contributed by atoms with Crippen molar-refractivity contribution in [1.29, 1.82) is 0 Å². The highest BCUT2D eigenvalue weighted by Crippen LogP contribution is 2.17. The Balaban J connectivity index is 1.85. The number of nitrogens with zero attached hydrogens (tertiary/aromatic N) is 1. The van der Waals surface area contributed by atoms with Crippen LogP contribution in [0, 0.1) is 6.92 Å². The highest BCUT2D eigenvalue weighted by atomic mass is 15.1. The smallest absolute Gasteiger partial charge is 0.0362 e. The van der Waals surface area contributed by atoms with Crippen LogP contribution >= 0.6 is 0 Å². The Morgan fingerprint density at radius 1 is 1.05 bits per heavy atom. The first-order valence-corrected chi connectivity index (χ1v) is 7.64. The van der Waals surface area contributed by atoms with Crippen LogP contribution in [-0.4, -0.2) is 20.1 Å². The fraction of sp³-hybridized carbons (Fsp3) is 0.368. The second kappa shape index (κ2) is 7.16. The normalized spacial score (nSPS) is 12.0. The summed E-state index contributed by atoms with van der Waals surface area (Å²) in [4.78, 5) is 2.12. The van der Waals surface area contributed by atoms with E-state index in [4.69, 9.17) is 0 Å². The second-order valence-electron chi connectivity index (χ2n) is 6.01. The van der Waals surface area contributed by atoms with Gasteiger partial charge in [0.05, 0.1) is 0 Å². The van der Waals surface area contributed by atoms with Gasteiger partial charge in [0.25, 0.3) is 0 Å². The van der Waals surface area contributed by atoms with Crippen LogP contribution < -0.4 is 10.2 Å². The van der Waals surface area contributed by atoms with Crippen molar-refractivity contribution < 1.29 is 0 Å². The molecule has 0 saturated heterocycles. The van der Waals surface area contributed by atoms with Crippen LogP contribution in [0.5, 0.6) is 0 Å². The van der Waals surface area contributed by atoms with Gasteiger partial charge in [0, 0.05) is 31.5 Å². The average Bonchev–Trinajstić information content (AvgIpc) is 2.46. The summed E-state index contributed by atoms with van der Waals surface area (Å²) in [5, 5.41) is 3.57. The van der Waals surface area contributed by atoms with Crippen LogP contribution in [-0.2, 0) is 6.42 Å². The first-order valence-electron chi connectivity index (χ1n) is 7.64. The molecule has 0 aliphatic heterocycles. The maximum atomic E-state index is 3.57. The molecule has 0 aliphatic carbocycles. The van der Waals surface area contributed by atoms with E-state index in [0.29, 0.717) is 6.04 Å². The molecule has 2 aromatic carbocycles. The second-order valence-corrected chi connectivity index (χ2v) is 6.01. The SMILES string of the molecule is Cc1cccc(CCC(C)Nc2ccc(N(C)C)cc2)c1. The summed E-state index contributed by atoms with van der Waals surface area (Å²) in [6.07, 6.45) is 2.25. The lowest BCUT2D eigenvalue weighted by Gasteiger charge is -2.17. The minimum atomic E-state index is 0.468. The number of anilines is 2. The van der Waals surface area contributed by atoms with Crippen molar-refractivity contribution in [3.8, 4) is 0 Å². The van der Waals surface area contributed by atoms with Gasteiger partial charge in [0.2, 0.25) is 0 Å². The minimum Gasteiger partial charge on any atom is -0.383 e. The summed E-state index contributed by atoms with van der Waals surface area (Å²) in [5.41, 5.74) is 5.18.